The lowest BCUT2D eigenvalue weighted by Crippen LogP contribution is -2.32. The molecule has 0 radical (unpaired) electrons. The van der Waals surface area contributed by atoms with Gasteiger partial charge in [-0.15, -0.1) is 0 Å². The number of nitrogens with one attached hydrogen (secondary N) is 1. The molecule has 0 spiro atoms. The number of hydrogen-bond acceptors (Lipinski definition) is 5. The standard InChI is InChI=1S/C24H19Cl2N3O3/c1-2-32-20-9-4-3-8-19(20)28-22-21(17-11-10-15(25)13-18(17)26)23(30)29(24(22)31)14-16-7-5-6-12-27-16/h3-13,28H,2,14H2,1H3. The second-order valence-electron chi connectivity index (χ2n) is 6.95. The van der Waals surface area contributed by atoms with Crippen molar-refractivity contribution in [2.24, 2.45) is 0 Å². The minimum Gasteiger partial charge on any atom is -0.492 e. The summed E-state index contributed by atoms with van der Waals surface area (Å²) in [5.41, 5.74) is 1.84. The van der Waals surface area contributed by atoms with E-state index in [1.54, 1.807) is 48.7 Å². The van der Waals surface area contributed by atoms with Crippen molar-refractivity contribution in [3.63, 3.8) is 0 Å². The molecule has 2 amide bonds. The van der Waals surface area contributed by atoms with E-state index in [4.69, 9.17) is 27.9 Å². The molecule has 0 fully saturated rings. The largest absolute Gasteiger partial charge is 0.492 e. The monoisotopic (exact) mass is 467 g/mol. The Labute approximate surface area is 195 Å². The molecule has 3 aromatic rings. The third kappa shape index (κ3) is 4.33. The van der Waals surface area contributed by atoms with Gasteiger partial charge in [-0.05, 0) is 43.3 Å². The molecule has 1 aromatic heterocycles. The number of aromatic nitrogens is 1. The van der Waals surface area contributed by atoms with Gasteiger partial charge in [0.2, 0.25) is 0 Å². The molecule has 1 N–H and O–H groups in total. The molecule has 0 unspecified atom stereocenters. The van der Waals surface area contributed by atoms with E-state index in [1.807, 2.05) is 19.1 Å². The van der Waals surface area contributed by atoms with E-state index in [0.717, 1.165) is 4.90 Å². The Morgan fingerprint density at radius 2 is 1.78 bits per heavy atom. The van der Waals surface area contributed by atoms with Gasteiger partial charge in [-0.1, -0.05) is 47.5 Å². The first-order valence-corrected chi connectivity index (χ1v) is 10.7. The van der Waals surface area contributed by atoms with Gasteiger partial charge >= 0.3 is 0 Å². The fraction of sp³-hybridized carbons (Fsp3) is 0.125. The van der Waals surface area contributed by atoms with E-state index in [-0.39, 0.29) is 22.8 Å². The minimum atomic E-state index is -0.479. The zero-order valence-corrected chi connectivity index (χ0v) is 18.7. The van der Waals surface area contributed by atoms with Crippen LogP contribution in [-0.2, 0) is 16.1 Å². The van der Waals surface area contributed by atoms with Crippen LogP contribution in [0, 0.1) is 0 Å². The molecule has 6 nitrogen and oxygen atoms in total. The number of benzene rings is 2. The van der Waals surface area contributed by atoms with Crippen LogP contribution in [0.5, 0.6) is 5.75 Å². The molecule has 4 rings (SSSR count). The molecule has 0 bridgehead atoms. The lowest BCUT2D eigenvalue weighted by molar-refractivity contribution is -0.137. The second-order valence-corrected chi connectivity index (χ2v) is 7.79. The van der Waals surface area contributed by atoms with Crippen molar-refractivity contribution in [3.05, 3.63) is 93.9 Å². The van der Waals surface area contributed by atoms with Gasteiger partial charge in [-0.3, -0.25) is 19.5 Å². The summed E-state index contributed by atoms with van der Waals surface area (Å²) in [6.45, 7) is 2.35. The average Bonchev–Trinajstić information content (AvgIpc) is 3.00. The Hall–Kier alpha value is -3.35. The number of halogens is 2. The van der Waals surface area contributed by atoms with Crippen LogP contribution in [-0.4, -0.2) is 28.3 Å². The van der Waals surface area contributed by atoms with Crippen LogP contribution in [0.4, 0.5) is 5.69 Å². The van der Waals surface area contributed by atoms with Gasteiger partial charge in [0.1, 0.15) is 11.4 Å². The van der Waals surface area contributed by atoms with E-state index >= 15 is 0 Å². The fourth-order valence-electron chi connectivity index (χ4n) is 3.42. The normalized spacial score (nSPS) is 13.7. The van der Waals surface area contributed by atoms with Crippen molar-refractivity contribution in [1.82, 2.24) is 9.88 Å². The molecule has 32 heavy (non-hydrogen) atoms. The van der Waals surface area contributed by atoms with Crippen LogP contribution in [0.25, 0.3) is 5.57 Å². The predicted molar refractivity (Wildman–Crippen MR) is 124 cm³/mol. The van der Waals surface area contributed by atoms with E-state index < -0.39 is 11.8 Å². The Morgan fingerprint density at radius 3 is 2.50 bits per heavy atom. The minimum absolute atomic E-state index is 0.0332. The molecule has 0 aliphatic carbocycles. The van der Waals surface area contributed by atoms with E-state index in [2.05, 4.69) is 10.3 Å². The summed E-state index contributed by atoms with van der Waals surface area (Å²) in [6, 6.07) is 17.3. The van der Waals surface area contributed by atoms with Crippen LogP contribution in [0.3, 0.4) is 0 Å². The highest BCUT2D eigenvalue weighted by molar-refractivity contribution is 6.41. The highest BCUT2D eigenvalue weighted by atomic mass is 35.5. The summed E-state index contributed by atoms with van der Waals surface area (Å²) in [5.74, 6) is -0.387. The zero-order chi connectivity index (χ0) is 22.7. The van der Waals surface area contributed by atoms with Crippen molar-refractivity contribution in [2.45, 2.75) is 13.5 Å². The first kappa shape index (κ1) is 21.9. The highest BCUT2D eigenvalue weighted by Crippen LogP contribution is 2.37. The van der Waals surface area contributed by atoms with Crippen LogP contribution >= 0.6 is 23.2 Å². The Balaban J connectivity index is 1.80. The molecule has 0 atom stereocenters. The average molecular weight is 468 g/mol. The van der Waals surface area contributed by atoms with Crippen LogP contribution < -0.4 is 10.1 Å². The smallest absolute Gasteiger partial charge is 0.278 e. The van der Waals surface area contributed by atoms with Crippen LogP contribution in [0.15, 0.2) is 72.6 Å². The Kier molecular flexibility index (Phi) is 6.44. The summed E-state index contributed by atoms with van der Waals surface area (Å²) in [4.78, 5) is 32.2. The summed E-state index contributed by atoms with van der Waals surface area (Å²) in [6.07, 6.45) is 1.61. The number of imide groups is 1. The summed E-state index contributed by atoms with van der Waals surface area (Å²) < 4.78 is 5.66. The number of para-hydroxylation sites is 2. The molecule has 0 saturated carbocycles. The topological polar surface area (TPSA) is 71.5 Å². The maximum atomic E-state index is 13.4. The summed E-state index contributed by atoms with van der Waals surface area (Å²) >= 11 is 12.5. The SMILES string of the molecule is CCOc1ccccc1NC1=C(c2ccc(Cl)cc2Cl)C(=O)N(Cc2ccccn2)C1=O. The van der Waals surface area contributed by atoms with Crippen molar-refractivity contribution < 1.29 is 14.3 Å². The number of hydrogen-bond donors (Lipinski definition) is 1. The number of pyridine rings is 1. The molecule has 2 aromatic carbocycles. The van der Waals surface area contributed by atoms with Gasteiger partial charge in [0.05, 0.1) is 35.1 Å². The first-order valence-electron chi connectivity index (χ1n) is 9.94. The molecule has 162 valence electrons. The number of rotatable bonds is 7. The quantitative estimate of drug-likeness (QED) is 0.484. The molecule has 1 aliphatic rings. The zero-order valence-electron chi connectivity index (χ0n) is 17.1. The van der Waals surface area contributed by atoms with E-state index in [1.165, 1.54) is 6.07 Å². The number of amides is 2. The van der Waals surface area contributed by atoms with Crippen molar-refractivity contribution in [3.8, 4) is 5.75 Å². The van der Waals surface area contributed by atoms with E-state index in [0.29, 0.717) is 34.3 Å². The maximum absolute atomic E-state index is 13.4. The van der Waals surface area contributed by atoms with Gasteiger partial charge in [0.15, 0.2) is 0 Å². The summed E-state index contributed by atoms with van der Waals surface area (Å²) in [7, 11) is 0. The fourth-order valence-corrected chi connectivity index (χ4v) is 3.92. The lowest BCUT2D eigenvalue weighted by atomic mass is 10.0. The molecular weight excluding hydrogens is 449 g/mol. The Morgan fingerprint density at radius 1 is 1.00 bits per heavy atom. The number of carbonyl (C=O) groups excluding carboxylic acids is 2. The highest BCUT2D eigenvalue weighted by Gasteiger charge is 2.40. The number of nitrogens with zero attached hydrogens (tertiary/aromatic N) is 2. The van der Waals surface area contributed by atoms with Crippen LogP contribution in [0.1, 0.15) is 18.2 Å². The van der Waals surface area contributed by atoms with Gasteiger partial charge in [0, 0.05) is 16.8 Å². The molecule has 2 heterocycles. The lowest BCUT2D eigenvalue weighted by Gasteiger charge is -2.15. The maximum Gasteiger partial charge on any atom is 0.278 e. The third-order valence-corrected chi connectivity index (χ3v) is 5.41. The number of carbonyl (C=O) groups is 2. The molecule has 0 saturated heterocycles. The van der Waals surface area contributed by atoms with Crippen molar-refractivity contribution in [2.75, 3.05) is 11.9 Å². The molecular formula is C24H19Cl2N3O3. The number of anilines is 1. The van der Waals surface area contributed by atoms with Gasteiger partial charge < -0.3 is 10.1 Å². The Bertz CT molecular complexity index is 1210. The second kappa shape index (κ2) is 9.42. The van der Waals surface area contributed by atoms with Crippen molar-refractivity contribution >= 4 is 46.3 Å². The first-order chi connectivity index (χ1) is 15.5. The predicted octanol–water partition coefficient (Wildman–Crippen LogP) is 5.18. The third-order valence-electron chi connectivity index (χ3n) is 4.86. The summed E-state index contributed by atoms with van der Waals surface area (Å²) in [5, 5.41) is 3.81. The molecule has 1 aliphatic heterocycles. The molecule has 8 heteroatoms. The van der Waals surface area contributed by atoms with Gasteiger partial charge in [-0.2, -0.15) is 0 Å². The van der Waals surface area contributed by atoms with Crippen molar-refractivity contribution in [1.29, 1.82) is 0 Å². The number of ether oxygens (including phenoxy) is 1. The van der Waals surface area contributed by atoms with Crippen LogP contribution in [0.2, 0.25) is 10.0 Å². The van der Waals surface area contributed by atoms with E-state index in [9.17, 15) is 9.59 Å². The van der Waals surface area contributed by atoms with Gasteiger partial charge in [0.25, 0.3) is 11.8 Å². The van der Waals surface area contributed by atoms with Gasteiger partial charge in [-0.25, -0.2) is 0 Å².